The number of benzene rings is 3. The average molecular weight is 656 g/mol. The number of phenols is 1. The van der Waals surface area contributed by atoms with Crippen LogP contribution in [0.5, 0.6) is 17.2 Å². The van der Waals surface area contributed by atoms with Crippen LogP contribution < -0.4 is 24.4 Å². The topological polar surface area (TPSA) is 99.4 Å². The van der Waals surface area contributed by atoms with Crippen LogP contribution in [0.4, 0.5) is 0 Å². The summed E-state index contributed by atoms with van der Waals surface area (Å²) in [5.74, 6) is 0.350. The van der Waals surface area contributed by atoms with E-state index in [1.165, 1.54) is 18.4 Å². The van der Waals surface area contributed by atoms with Crippen LogP contribution in [0.2, 0.25) is 0 Å². The van der Waals surface area contributed by atoms with Gasteiger partial charge in [0.25, 0.3) is 5.56 Å². The van der Waals surface area contributed by atoms with Gasteiger partial charge >= 0.3 is 5.97 Å². The minimum absolute atomic E-state index is 0.0365. The van der Waals surface area contributed by atoms with Gasteiger partial charge in [-0.15, -0.1) is 0 Å². The zero-order valence-electron chi connectivity index (χ0n) is 21.6. The highest BCUT2D eigenvalue weighted by molar-refractivity contribution is 14.1. The molecule has 0 bridgehead atoms. The number of rotatable bonds is 6. The van der Waals surface area contributed by atoms with Crippen molar-refractivity contribution < 1.29 is 24.1 Å². The molecule has 1 aromatic heterocycles. The minimum Gasteiger partial charge on any atom is -0.504 e. The predicted octanol–water partition coefficient (Wildman–Crippen LogP) is 4.28. The van der Waals surface area contributed by atoms with Crippen molar-refractivity contribution in [3.8, 4) is 17.2 Å². The highest BCUT2D eigenvalue weighted by Crippen LogP contribution is 2.40. The van der Waals surface area contributed by atoms with Gasteiger partial charge in [0.15, 0.2) is 16.3 Å². The normalized spacial score (nSPS) is 15.2. The number of carbonyl (C=O) groups is 1. The summed E-state index contributed by atoms with van der Waals surface area (Å²) in [5.41, 5.74) is 1.81. The van der Waals surface area contributed by atoms with Gasteiger partial charge in [0, 0.05) is 5.56 Å². The van der Waals surface area contributed by atoms with Crippen LogP contribution in [0.3, 0.4) is 0 Å². The molecule has 0 saturated heterocycles. The van der Waals surface area contributed by atoms with Crippen LogP contribution in [-0.2, 0) is 9.53 Å². The molecular weight excluding hydrogens is 631 g/mol. The molecule has 4 aromatic rings. The fourth-order valence-electron chi connectivity index (χ4n) is 4.78. The Morgan fingerprint density at radius 2 is 1.90 bits per heavy atom. The molecule has 0 spiro atoms. The second-order valence-corrected chi connectivity index (χ2v) is 10.9. The molecule has 0 saturated carbocycles. The van der Waals surface area contributed by atoms with Gasteiger partial charge in [-0.05, 0) is 77.0 Å². The lowest BCUT2D eigenvalue weighted by Gasteiger charge is -2.27. The summed E-state index contributed by atoms with van der Waals surface area (Å²) in [4.78, 5) is 32.5. The van der Waals surface area contributed by atoms with E-state index in [1.807, 2.05) is 59.0 Å². The van der Waals surface area contributed by atoms with Crippen LogP contribution in [0, 0.1) is 3.57 Å². The SMILES string of the molecule is CCOC(=O)C1=C(C)N=c2s/c(=C\c3cc(I)c(O)c(OC)c3)c(=O)n2C1c1c(OC)ccc2ccccc12. The highest BCUT2D eigenvalue weighted by Gasteiger charge is 2.36. The van der Waals surface area contributed by atoms with Crippen LogP contribution in [0.25, 0.3) is 16.8 Å². The van der Waals surface area contributed by atoms with Gasteiger partial charge in [0.05, 0.1) is 40.2 Å². The van der Waals surface area contributed by atoms with Crippen LogP contribution in [0.15, 0.2) is 69.6 Å². The predicted molar refractivity (Wildman–Crippen MR) is 158 cm³/mol. The number of phenolic OH excluding ortho intramolecular Hbond substituents is 1. The van der Waals surface area contributed by atoms with Gasteiger partial charge in [0.2, 0.25) is 0 Å². The number of esters is 1. The Labute approximate surface area is 241 Å². The Hall–Kier alpha value is -3.64. The molecule has 3 aromatic carbocycles. The Morgan fingerprint density at radius 1 is 1.15 bits per heavy atom. The first-order valence-corrected chi connectivity index (χ1v) is 14.0. The number of methoxy groups -OCH3 is 2. The molecule has 8 nitrogen and oxygen atoms in total. The second-order valence-electron chi connectivity index (χ2n) is 8.76. The maximum absolute atomic E-state index is 14.1. The Morgan fingerprint density at radius 3 is 2.62 bits per heavy atom. The van der Waals surface area contributed by atoms with Crippen molar-refractivity contribution in [2.75, 3.05) is 20.8 Å². The lowest BCUT2D eigenvalue weighted by atomic mass is 9.90. The van der Waals surface area contributed by atoms with E-state index in [-0.39, 0.29) is 23.5 Å². The minimum atomic E-state index is -0.821. The first-order valence-electron chi connectivity index (χ1n) is 12.1. The Balaban J connectivity index is 1.83. The standard InChI is InChI=1S/C29H25IN2O6S/c1-5-38-28(35)23-15(2)31-29-32(25(23)24-18-9-7-6-8-17(18)10-11-20(24)36-3)27(34)22(39-29)14-16-12-19(30)26(33)21(13-16)37-4/h6-14,25,33H,5H2,1-4H3/b22-14-. The number of allylic oxidation sites excluding steroid dienone is 1. The average Bonchev–Trinajstić information content (AvgIpc) is 3.23. The number of aromatic nitrogens is 1. The van der Waals surface area contributed by atoms with E-state index >= 15 is 0 Å². The first kappa shape index (κ1) is 26.9. The monoisotopic (exact) mass is 656 g/mol. The number of halogens is 1. The third kappa shape index (κ3) is 4.71. The van der Waals surface area contributed by atoms with E-state index in [1.54, 1.807) is 43.7 Å². The largest absolute Gasteiger partial charge is 0.504 e. The summed E-state index contributed by atoms with van der Waals surface area (Å²) in [5, 5.41) is 12.0. The molecule has 5 rings (SSSR count). The van der Waals surface area contributed by atoms with Crippen LogP contribution in [-0.4, -0.2) is 36.5 Å². The number of aromatic hydroxyl groups is 1. The van der Waals surface area contributed by atoms with E-state index < -0.39 is 12.0 Å². The first-order chi connectivity index (χ1) is 18.8. The molecule has 1 aliphatic heterocycles. The molecule has 0 radical (unpaired) electrons. The molecule has 10 heteroatoms. The zero-order chi connectivity index (χ0) is 27.8. The molecule has 200 valence electrons. The molecule has 0 aliphatic carbocycles. The Kier molecular flexibility index (Phi) is 7.50. The van der Waals surface area contributed by atoms with Gasteiger partial charge in [-0.1, -0.05) is 41.7 Å². The van der Waals surface area contributed by atoms with Gasteiger partial charge in [-0.25, -0.2) is 9.79 Å². The van der Waals surface area contributed by atoms with E-state index in [9.17, 15) is 14.7 Å². The lowest BCUT2D eigenvalue weighted by Crippen LogP contribution is -2.40. The Bertz CT molecular complexity index is 1840. The van der Waals surface area contributed by atoms with Crippen molar-refractivity contribution >= 4 is 56.7 Å². The van der Waals surface area contributed by atoms with Gasteiger partial charge < -0.3 is 19.3 Å². The van der Waals surface area contributed by atoms with Gasteiger partial charge in [-0.3, -0.25) is 9.36 Å². The van der Waals surface area contributed by atoms with Gasteiger partial charge in [-0.2, -0.15) is 0 Å². The molecule has 1 unspecified atom stereocenters. The fraction of sp³-hybridized carbons (Fsp3) is 0.207. The summed E-state index contributed by atoms with van der Waals surface area (Å²) in [6.45, 7) is 3.67. The fourth-order valence-corrected chi connectivity index (χ4v) is 6.46. The molecule has 1 atom stereocenters. The molecule has 1 aliphatic rings. The third-order valence-electron chi connectivity index (χ3n) is 6.51. The van der Waals surface area contributed by atoms with E-state index in [0.717, 1.165) is 10.8 Å². The summed E-state index contributed by atoms with van der Waals surface area (Å²) < 4.78 is 19.1. The van der Waals surface area contributed by atoms with E-state index in [4.69, 9.17) is 14.2 Å². The summed E-state index contributed by atoms with van der Waals surface area (Å²) in [7, 11) is 3.04. The van der Waals surface area contributed by atoms with Crippen molar-refractivity contribution in [1.82, 2.24) is 4.57 Å². The highest BCUT2D eigenvalue weighted by atomic mass is 127. The zero-order valence-corrected chi connectivity index (χ0v) is 24.6. The molecule has 2 heterocycles. The summed E-state index contributed by atoms with van der Waals surface area (Å²) in [6, 6.07) is 14.2. The van der Waals surface area contributed by atoms with Crippen LogP contribution in [0.1, 0.15) is 31.0 Å². The van der Waals surface area contributed by atoms with Crippen molar-refractivity contribution in [1.29, 1.82) is 0 Å². The third-order valence-corrected chi connectivity index (χ3v) is 8.31. The summed E-state index contributed by atoms with van der Waals surface area (Å²) >= 11 is 3.24. The molecule has 39 heavy (non-hydrogen) atoms. The molecule has 0 amide bonds. The number of thiazole rings is 1. The quantitative estimate of drug-likeness (QED) is 0.246. The number of hydrogen-bond acceptors (Lipinski definition) is 8. The number of ether oxygens (including phenoxy) is 3. The van der Waals surface area contributed by atoms with Gasteiger partial charge in [0.1, 0.15) is 11.8 Å². The summed E-state index contributed by atoms with van der Waals surface area (Å²) in [6.07, 6.45) is 1.73. The van der Waals surface area contributed by atoms with E-state index in [0.29, 0.717) is 41.2 Å². The number of nitrogens with zero attached hydrogens (tertiary/aromatic N) is 2. The smallest absolute Gasteiger partial charge is 0.338 e. The molecule has 1 N–H and O–H groups in total. The number of hydrogen-bond donors (Lipinski definition) is 1. The molecular formula is C29H25IN2O6S. The molecule has 0 fully saturated rings. The van der Waals surface area contributed by atoms with Crippen molar-refractivity contribution in [2.24, 2.45) is 4.99 Å². The number of fused-ring (bicyclic) bond motifs is 2. The van der Waals surface area contributed by atoms with E-state index in [2.05, 4.69) is 4.99 Å². The lowest BCUT2D eigenvalue weighted by molar-refractivity contribution is -0.139. The number of carbonyl (C=O) groups excluding carboxylic acids is 1. The van der Waals surface area contributed by atoms with Crippen LogP contribution >= 0.6 is 33.9 Å². The van der Waals surface area contributed by atoms with Crippen molar-refractivity contribution in [3.63, 3.8) is 0 Å². The van der Waals surface area contributed by atoms with Crippen molar-refractivity contribution in [2.45, 2.75) is 19.9 Å². The maximum Gasteiger partial charge on any atom is 0.338 e. The maximum atomic E-state index is 14.1. The van der Waals surface area contributed by atoms with Crippen molar-refractivity contribution in [3.05, 3.63) is 94.2 Å². The second kappa shape index (κ2) is 10.9.